The Kier molecular flexibility index (Phi) is 3.57. The molecule has 0 spiro atoms. The Labute approximate surface area is 96.0 Å². The summed E-state index contributed by atoms with van der Waals surface area (Å²) in [6.45, 7) is 5.10. The Balaban J connectivity index is 1.91. The van der Waals surface area contributed by atoms with Gasteiger partial charge in [-0.15, -0.1) is 0 Å². The molecule has 4 heteroatoms. The van der Waals surface area contributed by atoms with Gasteiger partial charge in [0.1, 0.15) is 0 Å². The van der Waals surface area contributed by atoms with E-state index in [1.807, 2.05) is 16.7 Å². The van der Waals surface area contributed by atoms with Gasteiger partial charge >= 0.3 is 0 Å². The molecule has 0 radical (unpaired) electrons. The Morgan fingerprint density at radius 3 is 3.00 bits per heavy atom. The third kappa shape index (κ3) is 2.48. The number of carbonyl (C=O) groups excluding carboxylic acids is 1. The second kappa shape index (κ2) is 4.74. The maximum absolute atomic E-state index is 12.1. The normalized spacial score (nSPS) is 31.9. The smallest absolute Gasteiger partial charge is 0.241 e. The van der Waals surface area contributed by atoms with Crippen LogP contribution in [0.2, 0.25) is 0 Å². The lowest BCUT2D eigenvalue weighted by Crippen LogP contribution is -2.38. The predicted molar refractivity (Wildman–Crippen MR) is 63.8 cm³/mol. The highest BCUT2D eigenvalue weighted by Crippen LogP contribution is 2.25. The quantitative estimate of drug-likeness (QED) is 0.790. The highest BCUT2D eigenvalue weighted by Gasteiger charge is 2.36. The maximum atomic E-state index is 12.1. The topological polar surface area (TPSA) is 32.3 Å². The lowest BCUT2D eigenvalue weighted by Gasteiger charge is -2.22. The molecular weight excluding hydrogens is 208 g/mol. The van der Waals surface area contributed by atoms with E-state index in [2.05, 4.69) is 19.2 Å². The Morgan fingerprint density at radius 2 is 2.40 bits per heavy atom. The van der Waals surface area contributed by atoms with Crippen LogP contribution in [0.3, 0.4) is 0 Å². The number of rotatable bonds is 3. The second-order valence-electron chi connectivity index (χ2n) is 4.87. The predicted octanol–water partition coefficient (Wildman–Crippen LogP) is 1.30. The van der Waals surface area contributed by atoms with E-state index in [-0.39, 0.29) is 6.04 Å². The van der Waals surface area contributed by atoms with E-state index in [0.29, 0.717) is 17.9 Å². The van der Waals surface area contributed by atoms with Crippen LogP contribution in [0.4, 0.5) is 0 Å². The minimum atomic E-state index is 0.0793. The molecule has 0 aromatic carbocycles. The fraction of sp³-hybridized carbons (Fsp3) is 0.909. The van der Waals surface area contributed by atoms with Crippen molar-refractivity contribution >= 4 is 17.7 Å². The summed E-state index contributed by atoms with van der Waals surface area (Å²) in [5.41, 5.74) is 0. The number of nitrogens with zero attached hydrogens (tertiary/aromatic N) is 1. The summed E-state index contributed by atoms with van der Waals surface area (Å²) < 4.78 is 0. The van der Waals surface area contributed by atoms with Gasteiger partial charge in [0.15, 0.2) is 0 Å². The molecule has 2 heterocycles. The molecule has 2 rings (SSSR count). The van der Waals surface area contributed by atoms with Crippen LogP contribution < -0.4 is 5.32 Å². The van der Waals surface area contributed by atoms with E-state index in [9.17, 15) is 4.79 Å². The van der Waals surface area contributed by atoms with Crippen molar-refractivity contribution in [3.05, 3.63) is 0 Å². The van der Waals surface area contributed by atoms with Gasteiger partial charge in [0.25, 0.3) is 0 Å². The summed E-state index contributed by atoms with van der Waals surface area (Å²) in [4.78, 5) is 14.1. The zero-order valence-corrected chi connectivity index (χ0v) is 10.3. The SMILES string of the molecule is CC(C)CC1NCN(C2CCSC2)C1=O. The van der Waals surface area contributed by atoms with Crippen molar-refractivity contribution in [2.45, 2.75) is 38.8 Å². The number of thioether (sulfide) groups is 1. The molecule has 2 aliphatic heterocycles. The summed E-state index contributed by atoms with van der Waals surface area (Å²) in [6.07, 6.45) is 2.14. The first-order chi connectivity index (χ1) is 7.18. The average Bonchev–Trinajstić information content (AvgIpc) is 2.76. The van der Waals surface area contributed by atoms with Gasteiger partial charge in [0.2, 0.25) is 5.91 Å². The van der Waals surface area contributed by atoms with Crippen LogP contribution in [-0.2, 0) is 4.79 Å². The van der Waals surface area contributed by atoms with Crippen LogP contribution >= 0.6 is 11.8 Å². The van der Waals surface area contributed by atoms with Crippen LogP contribution in [0, 0.1) is 5.92 Å². The lowest BCUT2D eigenvalue weighted by atomic mass is 10.0. The van der Waals surface area contributed by atoms with E-state index in [4.69, 9.17) is 0 Å². The third-order valence-electron chi connectivity index (χ3n) is 3.14. The van der Waals surface area contributed by atoms with Crippen molar-refractivity contribution in [1.29, 1.82) is 0 Å². The Morgan fingerprint density at radius 1 is 1.60 bits per heavy atom. The average molecular weight is 228 g/mol. The lowest BCUT2D eigenvalue weighted by molar-refractivity contribution is -0.130. The first kappa shape index (κ1) is 11.3. The van der Waals surface area contributed by atoms with E-state index in [1.54, 1.807) is 0 Å². The second-order valence-corrected chi connectivity index (χ2v) is 6.02. The fourth-order valence-electron chi connectivity index (χ4n) is 2.31. The van der Waals surface area contributed by atoms with Gasteiger partial charge in [-0.2, -0.15) is 11.8 Å². The first-order valence-electron chi connectivity index (χ1n) is 5.80. The van der Waals surface area contributed by atoms with Crippen molar-refractivity contribution in [3.63, 3.8) is 0 Å². The van der Waals surface area contributed by atoms with Crippen LogP contribution in [0.5, 0.6) is 0 Å². The van der Waals surface area contributed by atoms with Gasteiger partial charge in [-0.3, -0.25) is 10.1 Å². The number of hydrogen-bond donors (Lipinski definition) is 1. The molecule has 0 aliphatic carbocycles. The summed E-state index contributed by atoms with van der Waals surface area (Å²) in [5.74, 6) is 3.26. The van der Waals surface area contributed by atoms with Gasteiger partial charge < -0.3 is 4.90 Å². The van der Waals surface area contributed by atoms with Crippen LogP contribution in [-0.4, -0.2) is 41.1 Å². The number of nitrogens with one attached hydrogen (secondary N) is 1. The molecule has 0 saturated carbocycles. The number of hydrogen-bond acceptors (Lipinski definition) is 3. The number of amides is 1. The van der Waals surface area contributed by atoms with Crippen molar-refractivity contribution in [1.82, 2.24) is 10.2 Å². The van der Waals surface area contributed by atoms with E-state index < -0.39 is 0 Å². The van der Waals surface area contributed by atoms with Crippen molar-refractivity contribution in [3.8, 4) is 0 Å². The zero-order chi connectivity index (χ0) is 10.8. The molecule has 2 fully saturated rings. The third-order valence-corrected chi connectivity index (χ3v) is 4.29. The van der Waals surface area contributed by atoms with E-state index >= 15 is 0 Å². The van der Waals surface area contributed by atoms with Crippen LogP contribution in [0.15, 0.2) is 0 Å². The van der Waals surface area contributed by atoms with Crippen molar-refractivity contribution < 1.29 is 4.79 Å². The highest BCUT2D eigenvalue weighted by molar-refractivity contribution is 7.99. The summed E-state index contributed by atoms with van der Waals surface area (Å²) in [5, 5.41) is 3.33. The zero-order valence-electron chi connectivity index (χ0n) is 9.53. The largest absolute Gasteiger partial charge is 0.325 e. The van der Waals surface area contributed by atoms with Crippen molar-refractivity contribution in [2.24, 2.45) is 5.92 Å². The van der Waals surface area contributed by atoms with E-state index in [1.165, 1.54) is 12.2 Å². The molecule has 1 amide bonds. The summed E-state index contributed by atoms with van der Waals surface area (Å²) in [6, 6.07) is 0.572. The first-order valence-corrected chi connectivity index (χ1v) is 6.95. The molecule has 1 N–H and O–H groups in total. The van der Waals surface area contributed by atoms with Gasteiger partial charge in [0.05, 0.1) is 12.7 Å². The van der Waals surface area contributed by atoms with Crippen LogP contribution in [0.25, 0.3) is 0 Å². The number of carbonyl (C=O) groups is 1. The Bertz CT molecular complexity index is 239. The standard InChI is InChI=1S/C11H20N2OS/c1-8(2)5-10-11(14)13(7-12-10)9-3-4-15-6-9/h8-10,12H,3-7H2,1-2H3. The molecular formula is C11H20N2OS. The molecule has 3 nitrogen and oxygen atoms in total. The molecule has 0 bridgehead atoms. The maximum Gasteiger partial charge on any atom is 0.241 e. The molecule has 0 aromatic rings. The highest BCUT2D eigenvalue weighted by atomic mass is 32.2. The molecule has 15 heavy (non-hydrogen) atoms. The molecule has 2 saturated heterocycles. The molecule has 0 aromatic heterocycles. The van der Waals surface area contributed by atoms with Crippen molar-refractivity contribution in [2.75, 3.05) is 18.2 Å². The van der Waals surface area contributed by atoms with Gasteiger partial charge in [-0.1, -0.05) is 13.8 Å². The molecule has 2 aliphatic rings. The molecule has 2 atom stereocenters. The van der Waals surface area contributed by atoms with Gasteiger partial charge in [0, 0.05) is 11.8 Å². The minimum absolute atomic E-state index is 0.0793. The summed E-state index contributed by atoms with van der Waals surface area (Å²) in [7, 11) is 0. The summed E-state index contributed by atoms with van der Waals surface area (Å²) >= 11 is 1.96. The van der Waals surface area contributed by atoms with Gasteiger partial charge in [-0.25, -0.2) is 0 Å². The van der Waals surface area contributed by atoms with Gasteiger partial charge in [-0.05, 0) is 24.5 Å². The monoisotopic (exact) mass is 228 g/mol. The molecule has 2 unspecified atom stereocenters. The van der Waals surface area contributed by atoms with E-state index in [0.717, 1.165) is 18.8 Å². The fourth-order valence-corrected chi connectivity index (χ4v) is 3.53. The molecule has 86 valence electrons. The minimum Gasteiger partial charge on any atom is -0.325 e. The van der Waals surface area contributed by atoms with Crippen LogP contribution in [0.1, 0.15) is 26.7 Å². The Hall–Kier alpha value is -0.220.